The van der Waals surface area contributed by atoms with Gasteiger partial charge in [0.1, 0.15) is 0 Å². The molecule has 19 heavy (non-hydrogen) atoms. The number of rotatable bonds is 4. The highest BCUT2D eigenvalue weighted by Gasteiger charge is 2.20. The molecule has 0 radical (unpaired) electrons. The van der Waals surface area contributed by atoms with Gasteiger partial charge in [0.05, 0.1) is 5.69 Å². The third kappa shape index (κ3) is 2.89. The van der Waals surface area contributed by atoms with Gasteiger partial charge in [-0.15, -0.1) is 0 Å². The van der Waals surface area contributed by atoms with E-state index in [4.69, 9.17) is 9.84 Å². The third-order valence-corrected chi connectivity index (χ3v) is 3.49. The highest BCUT2D eigenvalue weighted by molar-refractivity contribution is 5.78. The van der Waals surface area contributed by atoms with Crippen molar-refractivity contribution in [3.63, 3.8) is 0 Å². The predicted molar refractivity (Wildman–Crippen MR) is 68.4 cm³/mol. The van der Waals surface area contributed by atoms with Crippen molar-refractivity contribution in [1.82, 2.24) is 9.47 Å². The molecule has 6 nitrogen and oxygen atoms in total. The van der Waals surface area contributed by atoms with E-state index in [9.17, 15) is 9.59 Å². The molecule has 0 aliphatic carbocycles. The fraction of sp³-hybridized carbons (Fsp3) is 0.538. The van der Waals surface area contributed by atoms with Crippen LogP contribution in [0.5, 0.6) is 5.75 Å². The zero-order valence-electron chi connectivity index (χ0n) is 11.2. The van der Waals surface area contributed by atoms with E-state index >= 15 is 0 Å². The maximum absolute atomic E-state index is 11.5. The second-order valence-corrected chi connectivity index (χ2v) is 4.74. The Labute approximate surface area is 111 Å². The largest absolute Gasteiger partial charge is 0.511 e. The lowest BCUT2D eigenvalue weighted by Gasteiger charge is -2.17. The number of amides is 1. The first-order valence-corrected chi connectivity index (χ1v) is 6.34. The van der Waals surface area contributed by atoms with Crippen molar-refractivity contribution in [2.75, 3.05) is 13.1 Å². The lowest BCUT2D eigenvalue weighted by molar-refractivity contribution is -0.127. The second kappa shape index (κ2) is 5.34. The molecule has 1 aliphatic rings. The van der Waals surface area contributed by atoms with Gasteiger partial charge in [-0.05, 0) is 20.3 Å². The minimum Gasteiger partial charge on any atom is -0.449 e. The monoisotopic (exact) mass is 266 g/mol. The van der Waals surface area contributed by atoms with Crippen molar-refractivity contribution < 1.29 is 19.4 Å². The molecule has 0 spiro atoms. The first-order valence-electron chi connectivity index (χ1n) is 6.34. The maximum atomic E-state index is 11.5. The number of hydrogen-bond acceptors (Lipinski definition) is 3. The Balaban J connectivity index is 2.05. The fourth-order valence-corrected chi connectivity index (χ4v) is 2.47. The molecule has 1 saturated heterocycles. The number of carbonyl (C=O) groups excluding carboxylic acids is 1. The summed E-state index contributed by atoms with van der Waals surface area (Å²) >= 11 is 0. The van der Waals surface area contributed by atoms with E-state index in [0.29, 0.717) is 25.3 Å². The molecule has 1 aromatic rings. The number of aromatic nitrogens is 1. The quantitative estimate of drug-likeness (QED) is 0.843. The average Bonchev–Trinajstić information content (AvgIpc) is 2.83. The molecule has 2 heterocycles. The van der Waals surface area contributed by atoms with Gasteiger partial charge in [-0.2, -0.15) is 0 Å². The molecule has 0 unspecified atom stereocenters. The molecule has 104 valence electrons. The van der Waals surface area contributed by atoms with Crippen LogP contribution in [-0.4, -0.2) is 39.7 Å². The van der Waals surface area contributed by atoms with Gasteiger partial charge >= 0.3 is 6.16 Å². The third-order valence-electron chi connectivity index (χ3n) is 3.49. The lowest BCUT2D eigenvalue weighted by Crippen LogP contribution is -2.28. The van der Waals surface area contributed by atoms with Crippen LogP contribution in [0, 0.1) is 13.8 Å². The highest BCUT2D eigenvalue weighted by atomic mass is 16.7. The van der Waals surface area contributed by atoms with Gasteiger partial charge in [-0.25, -0.2) is 4.79 Å². The van der Waals surface area contributed by atoms with E-state index in [-0.39, 0.29) is 5.91 Å². The van der Waals surface area contributed by atoms with Gasteiger partial charge in [0.15, 0.2) is 5.75 Å². The number of hydrogen-bond donors (Lipinski definition) is 1. The van der Waals surface area contributed by atoms with E-state index < -0.39 is 6.16 Å². The standard InChI is InChI=1S/C13H18N2O4/c1-9-8-11(19-13(17)18)10(2)15(9)7-6-14-5-3-4-12(14)16/h8H,3-7H2,1-2H3,(H,17,18). The Morgan fingerprint density at radius 2 is 2.16 bits per heavy atom. The summed E-state index contributed by atoms with van der Waals surface area (Å²) in [6.07, 6.45) is 0.252. The van der Waals surface area contributed by atoms with Gasteiger partial charge in [0.25, 0.3) is 0 Å². The van der Waals surface area contributed by atoms with Gasteiger partial charge in [0.2, 0.25) is 5.91 Å². The molecule has 1 N–H and O–H groups in total. The summed E-state index contributed by atoms with van der Waals surface area (Å²) in [4.78, 5) is 23.9. The molecule has 2 rings (SSSR count). The zero-order valence-corrected chi connectivity index (χ0v) is 11.2. The normalized spacial score (nSPS) is 15.1. The number of aryl methyl sites for hydroxylation is 1. The molecule has 6 heteroatoms. The maximum Gasteiger partial charge on any atom is 0.511 e. The van der Waals surface area contributed by atoms with Gasteiger partial charge in [-0.1, -0.05) is 0 Å². The molecular weight excluding hydrogens is 248 g/mol. The Hall–Kier alpha value is -1.98. The van der Waals surface area contributed by atoms with Crippen molar-refractivity contribution in [2.24, 2.45) is 0 Å². The van der Waals surface area contributed by atoms with Crippen LogP contribution in [0.2, 0.25) is 0 Å². The summed E-state index contributed by atoms with van der Waals surface area (Å²) in [5, 5.41) is 8.64. The van der Waals surface area contributed by atoms with Crippen LogP contribution in [0.25, 0.3) is 0 Å². The summed E-state index contributed by atoms with van der Waals surface area (Å²) < 4.78 is 6.69. The van der Waals surface area contributed by atoms with E-state index in [1.54, 1.807) is 6.07 Å². The Morgan fingerprint density at radius 3 is 2.74 bits per heavy atom. The second-order valence-electron chi connectivity index (χ2n) is 4.74. The summed E-state index contributed by atoms with van der Waals surface area (Å²) in [6, 6.07) is 1.70. The smallest absolute Gasteiger partial charge is 0.449 e. The summed E-state index contributed by atoms with van der Waals surface area (Å²) in [7, 11) is 0. The minimum atomic E-state index is -1.31. The van der Waals surface area contributed by atoms with Crippen molar-refractivity contribution >= 4 is 12.1 Å². The first kappa shape index (κ1) is 13.5. The van der Waals surface area contributed by atoms with Crippen LogP contribution >= 0.6 is 0 Å². The number of carboxylic acid groups (broad SMARTS) is 1. The Morgan fingerprint density at radius 1 is 1.42 bits per heavy atom. The van der Waals surface area contributed by atoms with Crippen molar-refractivity contribution in [2.45, 2.75) is 33.2 Å². The molecule has 0 saturated carbocycles. The van der Waals surface area contributed by atoms with Gasteiger partial charge in [0, 0.05) is 37.8 Å². The van der Waals surface area contributed by atoms with Crippen LogP contribution < -0.4 is 4.74 Å². The fourth-order valence-electron chi connectivity index (χ4n) is 2.47. The molecule has 1 aromatic heterocycles. The Kier molecular flexibility index (Phi) is 3.78. The zero-order chi connectivity index (χ0) is 14.0. The highest BCUT2D eigenvalue weighted by Crippen LogP contribution is 2.23. The molecule has 1 amide bonds. The minimum absolute atomic E-state index is 0.199. The molecule has 0 aromatic carbocycles. The van der Waals surface area contributed by atoms with Crippen LogP contribution in [0.1, 0.15) is 24.2 Å². The van der Waals surface area contributed by atoms with Crippen molar-refractivity contribution in [1.29, 1.82) is 0 Å². The van der Waals surface area contributed by atoms with E-state index in [1.165, 1.54) is 0 Å². The van der Waals surface area contributed by atoms with Gasteiger partial charge in [-0.3, -0.25) is 4.79 Å². The summed E-state index contributed by atoms with van der Waals surface area (Å²) in [5.41, 5.74) is 1.70. The molecule has 1 aliphatic heterocycles. The van der Waals surface area contributed by atoms with Crippen molar-refractivity contribution in [3.8, 4) is 5.75 Å². The predicted octanol–water partition coefficient (Wildman–Crippen LogP) is 1.78. The number of ether oxygens (including phenoxy) is 1. The Bertz CT molecular complexity index is 507. The van der Waals surface area contributed by atoms with Gasteiger partial charge < -0.3 is 19.3 Å². The van der Waals surface area contributed by atoms with E-state index in [0.717, 1.165) is 24.4 Å². The van der Waals surface area contributed by atoms with Crippen LogP contribution in [0.4, 0.5) is 4.79 Å². The molecular formula is C13H18N2O4. The summed E-state index contributed by atoms with van der Waals surface area (Å²) in [5.74, 6) is 0.558. The molecule has 1 fully saturated rings. The van der Waals surface area contributed by atoms with Crippen LogP contribution in [0.15, 0.2) is 6.07 Å². The number of carbonyl (C=O) groups is 2. The topological polar surface area (TPSA) is 71.8 Å². The lowest BCUT2D eigenvalue weighted by atomic mass is 10.4. The van der Waals surface area contributed by atoms with Crippen LogP contribution in [-0.2, 0) is 11.3 Å². The number of likely N-dealkylation sites (tertiary alicyclic amines) is 1. The molecule has 0 atom stereocenters. The van der Waals surface area contributed by atoms with Crippen molar-refractivity contribution in [3.05, 3.63) is 17.5 Å². The number of nitrogens with zero attached hydrogens (tertiary/aromatic N) is 2. The summed E-state index contributed by atoms with van der Waals surface area (Å²) in [6.45, 7) is 5.84. The van der Waals surface area contributed by atoms with E-state index in [1.807, 2.05) is 23.3 Å². The average molecular weight is 266 g/mol. The van der Waals surface area contributed by atoms with E-state index in [2.05, 4.69) is 0 Å². The van der Waals surface area contributed by atoms with Crippen LogP contribution in [0.3, 0.4) is 0 Å². The first-order chi connectivity index (χ1) is 8.99. The SMILES string of the molecule is Cc1cc(OC(=O)O)c(C)n1CCN1CCCC1=O. The molecule has 0 bridgehead atoms.